The largest absolute Gasteiger partial charge is 0.392 e. The highest BCUT2D eigenvalue weighted by atomic mass is 35.5. The summed E-state index contributed by atoms with van der Waals surface area (Å²) in [6, 6.07) is 2.91. The first-order valence-corrected chi connectivity index (χ1v) is 4.26. The maximum absolute atomic E-state index is 13.1. The predicted molar refractivity (Wildman–Crippen MR) is 52.3 cm³/mol. The highest BCUT2D eigenvalue weighted by molar-refractivity contribution is 6.31. The van der Waals surface area contributed by atoms with Gasteiger partial charge in [-0.1, -0.05) is 23.8 Å². The molecule has 0 aromatic heterocycles. The van der Waals surface area contributed by atoms with Gasteiger partial charge in [0.05, 0.1) is 6.61 Å². The Morgan fingerprint density at radius 2 is 2.23 bits per heavy atom. The lowest BCUT2D eigenvalue weighted by atomic mass is 10.1. The summed E-state index contributed by atoms with van der Waals surface area (Å²) in [5.74, 6) is -0.375. The molecule has 1 rings (SSSR count). The summed E-state index contributed by atoms with van der Waals surface area (Å²) in [4.78, 5) is 0. The van der Waals surface area contributed by atoms with Gasteiger partial charge in [-0.3, -0.25) is 0 Å². The summed E-state index contributed by atoms with van der Waals surface area (Å²) in [5, 5.41) is 8.92. The Balaban J connectivity index is 3.08. The molecule has 0 aliphatic rings. The third-order valence-electron chi connectivity index (χ3n) is 1.68. The van der Waals surface area contributed by atoms with Gasteiger partial charge >= 0.3 is 0 Å². The van der Waals surface area contributed by atoms with Gasteiger partial charge < -0.3 is 5.11 Å². The summed E-state index contributed by atoms with van der Waals surface area (Å²) in [6.07, 6.45) is 3.00. The van der Waals surface area contributed by atoms with Crippen LogP contribution in [0.15, 0.2) is 18.2 Å². The second kappa shape index (κ2) is 4.40. The van der Waals surface area contributed by atoms with Crippen molar-refractivity contribution in [2.24, 2.45) is 0 Å². The van der Waals surface area contributed by atoms with Gasteiger partial charge in [0.1, 0.15) is 5.82 Å². The standard InChI is InChI=1S/C10H10ClFO/c1-7-5-8(3-2-4-13)10(12)6-9(7)11/h2-3,5-6,13H,4H2,1H3. The Hall–Kier alpha value is -0.860. The van der Waals surface area contributed by atoms with E-state index in [4.69, 9.17) is 16.7 Å². The second-order valence-electron chi connectivity index (χ2n) is 2.71. The third kappa shape index (κ3) is 2.54. The van der Waals surface area contributed by atoms with E-state index in [1.807, 2.05) is 0 Å². The molecule has 0 aliphatic heterocycles. The fraction of sp³-hybridized carbons (Fsp3) is 0.200. The number of hydrogen-bond donors (Lipinski definition) is 1. The molecule has 1 nitrogen and oxygen atoms in total. The first-order valence-electron chi connectivity index (χ1n) is 3.88. The molecule has 0 unspecified atom stereocenters. The molecule has 13 heavy (non-hydrogen) atoms. The van der Waals surface area contributed by atoms with Crippen LogP contribution in [0.2, 0.25) is 5.02 Å². The lowest BCUT2D eigenvalue weighted by Gasteiger charge is -2.01. The normalized spacial score (nSPS) is 11.1. The Kier molecular flexibility index (Phi) is 3.46. The van der Waals surface area contributed by atoms with Crippen LogP contribution in [0.3, 0.4) is 0 Å². The Morgan fingerprint density at radius 1 is 1.54 bits per heavy atom. The van der Waals surface area contributed by atoms with Crippen LogP contribution >= 0.6 is 11.6 Å². The van der Waals surface area contributed by atoms with Crippen LogP contribution in [0.4, 0.5) is 4.39 Å². The predicted octanol–water partition coefficient (Wildman–Crippen LogP) is 2.79. The molecule has 0 spiro atoms. The number of benzene rings is 1. The van der Waals surface area contributed by atoms with Crippen LogP contribution < -0.4 is 0 Å². The van der Waals surface area contributed by atoms with E-state index in [2.05, 4.69) is 0 Å². The molecule has 0 amide bonds. The van der Waals surface area contributed by atoms with Crippen LogP contribution in [0.5, 0.6) is 0 Å². The first kappa shape index (κ1) is 10.2. The van der Waals surface area contributed by atoms with Gasteiger partial charge in [-0.25, -0.2) is 4.39 Å². The highest BCUT2D eigenvalue weighted by Crippen LogP contribution is 2.20. The van der Waals surface area contributed by atoms with Crippen molar-refractivity contribution in [3.63, 3.8) is 0 Å². The third-order valence-corrected chi connectivity index (χ3v) is 2.09. The smallest absolute Gasteiger partial charge is 0.131 e. The van der Waals surface area contributed by atoms with E-state index in [0.717, 1.165) is 5.56 Å². The minimum atomic E-state index is -0.375. The average molecular weight is 201 g/mol. The molecule has 0 atom stereocenters. The highest BCUT2D eigenvalue weighted by Gasteiger charge is 2.02. The summed E-state index contributed by atoms with van der Waals surface area (Å²) in [5.41, 5.74) is 1.26. The van der Waals surface area contributed by atoms with Crippen molar-refractivity contribution in [1.82, 2.24) is 0 Å². The minimum absolute atomic E-state index is 0.0961. The fourth-order valence-corrected chi connectivity index (χ4v) is 1.14. The number of halogens is 2. The molecule has 1 N–H and O–H groups in total. The van der Waals surface area contributed by atoms with Crippen LogP contribution in [0, 0.1) is 12.7 Å². The fourth-order valence-electron chi connectivity index (χ4n) is 0.987. The van der Waals surface area contributed by atoms with Gasteiger partial charge in [0.15, 0.2) is 0 Å². The Morgan fingerprint density at radius 3 is 2.85 bits per heavy atom. The molecule has 1 aromatic rings. The van der Waals surface area contributed by atoms with Crippen LogP contribution in [0.25, 0.3) is 6.08 Å². The average Bonchev–Trinajstić information content (AvgIpc) is 2.09. The monoisotopic (exact) mass is 200 g/mol. The van der Waals surface area contributed by atoms with Gasteiger partial charge in [0, 0.05) is 10.6 Å². The Labute approximate surface area is 81.5 Å². The molecule has 0 radical (unpaired) electrons. The molecule has 70 valence electrons. The van der Waals surface area contributed by atoms with Gasteiger partial charge in [-0.2, -0.15) is 0 Å². The number of aryl methyl sites for hydroxylation is 1. The van der Waals surface area contributed by atoms with Gasteiger partial charge in [0.2, 0.25) is 0 Å². The molecular formula is C10H10ClFO. The topological polar surface area (TPSA) is 20.2 Å². The summed E-state index contributed by atoms with van der Waals surface area (Å²) < 4.78 is 13.1. The maximum Gasteiger partial charge on any atom is 0.131 e. The molecule has 3 heteroatoms. The quantitative estimate of drug-likeness (QED) is 0.779. The summed E-state index contributed by atoms with van der Waals surface area (Å²) >= 11 is 5.71. The molecule has 0 saturated carbocycles. The minimum Gasteiger partial charge on any atom is -0.392 e. The summed E-state index contributed by atoms with van der Waals surface area (Å²) in [6.45, 7) is 1.71. The molecule has 1 aromatic carbocycles. The van der Waals surface area contributed by atoms with Crippen LogP contribution in [-0.2, 0) is 0 Å². The molecule has 0 bridgehead atoms. The van der Waals surface area contributed by atoms with Crippen LogP contribution in [0.1, 0.15) is 11.1 Å². The van der Waals surface area contributed by atoms with Crippen molar-refractivity contribution in [2.45, 2.75) is 6.92 Å². The molecule has 0 saturated heterocycles. The number of aliphatic hydroxyl groups is 1. The maximum atomic E-state index is 13.1. The number of aliphatic hydroxyl groups excluding tert-OH is 1. The first-order chi connectivity index (χ1) is 6.15. The van der Waals surface area contributed by atoms with E-state index in [-0.39, 0.29) is 12.4 Å². The van der Waals surface area contributed by atoms with Crippen molar-refractivity contribution in [3.8, 4) is 0 Å². The lowest BCUT2D eigenvalue weighted by Crippen LogP contribution is -1.85. The van der Waals surface area contributed by atoms with Crippen LogP contribution in [-0.4, -0.2) is 11.7 Å². The zero-order valence-electron chi connectivity index (χ0n) is 7.22. The van der Waals surface area contributed by atoms with E-state index in [1.165, 1.54) is 18.2 Å². The molecule has 0 heterocycles. The SMILES string of the molecule is Cc1cc(C=CCO)c(F)cc1Cl. The van der Waals surface area contributed by atoms with Crippen molar-refractivity contribution in [1.29, 1.82) is 0 Å². The van der Waals surface area contributed by atoms with Crippen molar-refractivity contribution < 1.29 is 9.50 Å². The molecular weight excluding hydrogens is 191 g/mol. The summed E-state index contributed by atoms with van der Waals surface area (Å²) in [7, 11) is 0. The molecule has 0 aliphatic carbocycles. The van der Waals surface area contributed by atoms with E-state index < -0.39 is 0 Å². The lowest BCUT2D eigenvalue weighted by molar-refractivity contribution is 0.343. The number of hydrogen-bond acceptors (Lipinski definition) is 1. The zero-order chi connectivity index (χ0) is 9.84. The van der Waals surface area contributed by atoms with Crippen molar-refractivity contribution >= 4 is 17.7 Å². The zero-order valence-corrected chi connectivity index (χ0v) is 7.98. The van der Waals surface area contributed by atoms with Gasteiger partial charge in [-0.05, 0) is 24.6 Å². The van der Waals surface area contributed by atoms with E-state index in [0.29, 0.717) is 10.6 Å². The van der Waals surface area contributed by atoms with Crippen molar-refractivity contribution in [3.05, 3.63) is 40.2 Å². The second-order valence-corrected chi connectivity index (χ2v) is 3.12. The van der Waals surface area contributed by atoms with E-state index in [1.54, 1.807) is 13.0 Å². The van der Waals surface area contributed by atoms with E-state index in [9.17, 15) is 4.39 Å². The number of rotatable bonds is 2. The van der Waals surface area contributed by atoms with Gasteiger partial charge in [-0.15, -0.1) is 0 Å². The van der Waals surface area contributed by atoms with E-state index >= 15 is 0 Å². The van der Waals surface area contributed by atoms with Crippen molar-refractivity contribution in [2.75, 3.05) is 6.61 Å². The molecule has 0 fully saturated rings. The Bertz CT molecular complexity index is 334. The van der Waals surface area contributed by atoms with Gasteiger partial charge in [0.25, 0.3) is 0 Å².